The topological polar surface area (TPSA) is 63.3 Å². The molecule has 0 bridgehead atoms. The summed E-state index contributed by atoms with van der Waals surface area (Å²) in [6.45, 7) is 1.77. The average Bonchev–Trinajstić information content (AvgIpc) is 2.45. The zero-order valence-corrected chi connectivity index (χ0v) is 11.7. The molecule has 22 heavy (non-hydrogen) atoms. The van der Waals surface area contributed by atoms with E-state index in [1.807, 2.05) is 0 Å². The van der Waals surface area contributed by atoms with Crippen LogP contribution in [0.4, 0.5) is 18.9 Å². The molecule has 0 unspecified atom stereocenters. The number of nitrogen functional groups attached to an aromatic ring is 1. The first-order valence-electron chi connectivity index (χ1n) is 6.58. The van der Waals surface area contributed by atoms with E-state index in [4.69, 9.17) is 10.8 Å². The molecule has 0 atom stereocenters. The lowest BCUT2D eigenvalue weighted by atomic mass is 9.93. The third-order valence-electron chi connectivity index (χ3n) is 3.44. The maximum absolute atomic E-state index is 12.8. The molecule has 2 aromatic rings. The zero-order valence-electron chi connectivity index (χ0n) is 11.7. The van der Waals surface area contributed by atoms with Crippen molar-refractivity contribution in [3.8, 4) is 11.1 Å². The van der Waals surface area contributed by atoms with Crippen LogP contribution >= 0.6 is 0 Å². The highest BCUT2D eigenvalue weighted by molar-refractivity contribution is 5.96. The number of carboxylic acids is 1. The van der Waals surface area contributed by atoms with E-state index in [2.05, 4.69) is 0 Å². The Hall–Kier alpha value is -2.50. The lowest BCUT2D eigenvalue weighted by molar-refractivity contribution is -0.137. The second kappa shape index (κ2) is 5.71. The van der Waals surface area contributed by atoms with E-state index >= 15 is 0 Å². The minimum Gasteiger partial charge on any atom is -0.478 e. The highest BCUT2D eigenvalue weighted by Crippen LogP contribution is 2.35. The summed E-state index contributed by atoms with van der Waals surface area (Å²) in [5.41, 5.74) is 6.53. The highest BCUT2D eigenvalue weighted by Gasteiger charge is 2.30. The van der Waals surface area contributed by atoms with Crippen LogP contribution < -0.4 is 5.73 Å². The van der Waals surface area contributed by atoms with E-state index in [9.17, 15) is 18.0 Å². The maximum atomic E-state index is 12.8. The first kappa shape index (κ1) is 15.9. The Morgan fingerprint density at radius 1 is 1.23 bits per heavy atom. The van der Waals surface area contributed by atoms with Crippen LogP contribution in [-0.4, -0.2) is 11.1 Å². The van der Waals surface area contributed by atoms with Crippen LogP contribution in [0.1, 0.15) is 28.4 Å². The van der Waals surface area contributed by atoms with E-state index in [0.717, 1.165) is 12.1 Å². The van der Waals surface area contributed by atoms with E-state index in [-0.39, 0.29) is 11.3 Å². The summed E-state index contributed by atoms with van der Waals surface area (Å²) in [5.74, 6) is -1.16. The van der Waals surface area contributed by atoms with Crippen molar-refractivity contribution in [2.75, 3.05) is 5.73 Å². The molecule has 0 spiro atoms. The van der Waals surface area contributed by atoms with Crippen molar-refractivity contribution in [3.05, 3.63) is 53.1 Å². The first-order chi connectivity index (χ1) is 10.3. The van der Waals surface area contributed by atoms with Gasteiger partial charge in [0.2, 0.25) is 0 Å². The van der Waals surface area contributed by atoms with Crippen molar-refractivity contribution in [1.29, 1.82) is 0 Å². The fourth-order valence-electron chi connectivity index (χ4n) is 2.37. The van der Waals surface area contributed by atoms with E-state index in [0.29, 0.717) is 23.1 Å². The molecule has 0 radical (unpaired) electrons. The van der Waals surface area contributed by atoms with E-state index in [1.54, 1.807) is 13.0 Å². The van der Waals surface area contributed by atoms with Crippen LogP contribution in [0.25, 0.3) is 11.1 Å². The second-order valence-electron chi connectivity index (χ2n) is 4.79. The number of carboxylic acid groups (broad SMARTS) is 1. The molecule has 0 saturated heterocycles. The fraction of sp³-hybridized carbons (Fsp3) is 0.188. The molecular weight excluding hydrogens is 295 g/mol. The summed E-state index contributed by atoms with van der Waals surface area (Å²) >= 11 is 0. The molecular formula is C16H14F3NO2. The standard InChI is InChI=1S/C16H14F3NO2/c1-2-11-12(6-7-13(14(11)20)15(21)22)9-4-3-5-10(8-9)16(17,18)19/h3-8H,2,20H2,1H3,(H,21,22). The molecule has 0 fully saturated rings. The van der Waals surface area contributed by atoms with Crippen molar-refractivity contribution in [2.24, 2.45) is 0 Å². The molecule has 6 heteroatoms. The van der Waals surface area contributed by atoms with Crippen LogP contribution in [0.15, 0.2) is 36.4 Å². The maximum Gasteiger partial charge on any atom is 0.416 e. The summed E-state index contributed by atoms with van der Waals surface area (Å²) in [6.07, 6.45) is -4.02. The summed E-state index contributed by atoms with van der Waals surface area (Å²) in [4.78, 5) is 11.1. The lowest BCUT2D eigenvalue weighted by Crippen LogP contribution is -2.07. The Labute approximate surface area is 125 Å². The van der Waals surface area contributed by atoms with Gasteiger partial charge in [0.05, 0.1) is 11.1 Å². The quantitative estimate of drug-likeness (QED) is 0.835. The number of rotatable bonds is 3. The lowest BCUT2D eigenvalue weighted by Gasteiger charge is -2.15. The molecule has 0 heterocycles. The van der Waals surface area contributed by atoms with Crippen molar-refractivity contribution >= 4 is 11.7 Å². The molecule has 3 nitrogen and oxygen atoms in total. The number of alkyl halides is 3. The van der Waals surface area contributed by atoms with Gasteiger partial charge in [-0.15, -0.1) is 0 Å². The SMILES string of the molecule is CCc1c(-c2cccc(C(F)(F)F)c2)ccc(C(=O)O)c1N. The van der Waals surface area contributed by atoms with Crippen molar-refractivity contribution < 1.29 is 23.1 Å². The van der Waals surface area contributed by atoms with Gasteiger partial charge in [-0.05, 0) is 41.3 Å². The van der Waals surface area contributed by atoms with Crippen LogP contribution in [0.2, 0.25) is 0 Å². The molecule has 3 N–H and O–H groups in total. The van der Waals surface area contributed by atoms with Crippen LogP contribution in [0.5, 0.6) is 0 Å². The summed E-state index contributed by atoms with van der Waals surface area (Å²) in [7, 11) is 0. The molecule has 116 valence electrons. The third-order valence-corrected chi connectivity index (χ3v) is 3.44. The van der Waals surface area contributed by atoms with Crippen molar-refractivity contribution in [2.45, 2.75) is 19.5 Å². The number of anilines is 1. The number of aromatic carboxylic acids is 1. The van der Waals surface area contributed by atoms with Gasteiger partial charge in [-0.2, -0.15) is 13.2 Å². The largest absolute Gasteiger partial charge is 0.478 e. The molecule has 2 aromatic carbocycles. The number of carbonyl (C=O) groups is 1. The Bertz CT molecular complexity index is 724. The number of halogens is 3. The van der Waals surface area contributed by atoms with E-state index in [1.165, 1.54) is 18.2 Å². The van der Waals surface area contributed by atoms with Gasteiger partial charge in [0.25, 0.3) is 0 Å². The minimum absolute atomic E-state index is 0.0485. The van der Waals surface area contributed by atoms with Gasteiger partial charge < -0.3 is 10.8 Å². The van der Waals surface area contributed by atoms with Crippen molar-refractivity contribution in [3.63, 3.8) is 0 Å². The van der Waals surface area contributed by atoms with Crippen LogP contribution in [0.3, 0.4) is 0 Å². The predicted molar refractivity (Wildman–Crippen MR) is 77.6 cm³/mol. The van der Waals surface area contributed by atoms with E-state index < -0.39 is 17.7 Å². The molecule has 0 aromatic heterocycles. The Balaban J connectivity index is 2.63. The molecule has 0 saturated carbocycles. The van der Waals surface area contributed by atoms with Gasteiger partial charge in [0, 0.05) is 5.69 Å². The molecule has 0 aliphatic heterocycles. The Morgan fingerprint density at radius 3 is 2.45 bits per heavy atom. The minimum atomic E-state index is -4.44. The Kier molecular flexibility index (Phi) is 4.12. The second-order valence-corrected chi connectivity index (χ2v) is 4.79. The van der Waals surface area contributed by atoms with Crippen LogP contribution in [-0.2, 0) is 12.6 Å². The monoisotopic (exact) mass is 309 g/mol. The van der Waals surface area contributed by atoms with Gasteiger partial charge in [-0.3, -0.25) is 0 Å². The first-order valence-corrected chi connectivity index (χ1v) is 6.58. The summed E-state index contributed by atoms with van der Waals surface area (Å²) in [5, 5.41) is 9.07. The van der Waals surface area contributed by atoms with Gasteiger partial charge in [-0.25, -0.2) is 4.79 Å². The number of nitrogens with two attached hydrogens (primary N) is 1. The zero-order chi connectivity index (χ0) is 16.5. The number of hydrogen-bond acceptors (Lipinski definition) is 2. The fourth-order valence-corrected chi connectivity index (χ4v) is 2.37. The average molecular weight is 309 g/mol. The van der Waals surface area contributed by atoms with Gasteiger partial charge in [-0.1, -0.05) is 25.1 Å². The number of benzene rings is 2. The highest BCUT2D eigenvalue weighted by atomic mass is 19.4. The smallest absolute Gasteiger partial charge is 0.416 e. The predicted octanol–water partition coefficient (Wildman–Crippen LogP) is 4.22. The van der Waals surface area contributed by atoms with Crippen LogP contribution in [0, 0.1) is 0 Å². The summed E-state index contributed by atoms with van der Waals surface area (Å²) in [6, 6.07) is 7.70. The summed E-state index contributed by atoms with van der Waals surface area (Å²) < 4.78 is 38.4. The molecule has 0 aliphatic carbocycles. The van der Waals surface area contributed by atoms with Crippen molar-refractivity contribution in [1.82, 2.24) is 0 Å². The molecule has 0 aliphatic rings. The Morgan fingerprint density at radius 2 is 1.91 bits per heavy atom. The molecule has 2 rings (SSSR count). The molecule has 0 amide bonds. The number of hydrogen-bond donors (Lipinski definition) is 2. The third kappa shape index (κ3) is 2.90. The van der Waals surface area contributed by atoms with Gasteiger partial charge >= 0.3 is 12.1 Å². The normalized spacial score (nSPS) is 11.5. The van der Waals surface area contributed by atoms with Gasteiger partial charge in [0.15, 0.2) is 0 Å². The van der Waals surface area contributed by atoms with Gasteiger partial charge in [0.1, 0.15) is 0 Å².